The van der Waals surface area contributed by atoms with Crippen LogP contribution in [0.1, 0.15) is 36.1 Å². The summed E-state index contributed by atoms with van der Waals surface area (Å²) in [4.78, 5) is 17.3. The number of nitrogens with one attached hydrogen (secondary N) is 1. The maximum absolute atomic E-state index is 11.5. The molecular formula is C24H26N2O2. The molecule has 4 heteroatoms. The Morgan fingerprint density at radius 2 is 1.82 bits per heavy atom. The van der Waals surface area contributed by atoms with Crippen molar-refractivity contribution in [3.8, 4) is 0 Å². The molecule has 3 aromatic rings. The lowest BCUT2D eigenvalue weighted by molar-refractivity contribution is -0.136. The fraction of sp³-hybridized carbons (Fsp3) is 0.292. The molecule has 1 aliphatic carbocycles. The second-order valence-electron chi connectivity index (χ2n) is 7.82. The van der Waals surface area contributed by atoms with Gasteiger partial charge in [0.25, 0.3) is 0 Å². The van der Waals surface area contributed by atoms with Crippen LogP contribution in [0, 0.1) is 0 Å². The summed E-state index contributed by atoms with van der Waals surface area (Å²) in [5, 5.41) is 10.4. The maximum atomic E-state index is 11.5. The average molecular weight is 374 g/mol. The van der Waals surface area contributed by atoms with Crippen LogP contribution in [-0.4, -0.2) is 35.1 Å². The first-order valence-electron chi connectivity index (χ1n) is 9.75. The third-order valence-electron chi connectivity index (χ3n) is 6.12. The fourth-order valence-corrected chi connectivity index (χ4v) is 4.55. The molecule has 0 bridgehead atoms. The third-order valence-corrected chi connectivity index (χ3v) is 6.12. The topological polar surface area (TPSA) is 56.3 Å². The van der Waals surface area contributed by atoms with E-state index in [4.69, 9.17) is 0 Å². The quantitative estimate of drug-likeness (QED) is 0.673. The number of fused-ring (bicyclic) bond motifs is 1. The summed E-state index contributed by atoms with van der Waals surface area (Å²) in [6.07, 6.45) is 5.15. The van der Waals surface area contributed by atoms with Crippen molar-refractivity contribution in [2.45, 2.75) is 31.2 Å². The van der Waals surface area contributed by atoms with Gasteiger partial charge in [0.1, 0.15) is 0 Å². The zero-order valence-corrected chi connectivity index (χ0v) is 16.4. The Morgan fingerprint density at radius 3 is 2.46 bits per heavy atom. The van der Waals surface area contributed by atoms with Crippen molar-refractivity contribution in [3.05, 3.63) is 77.5 Å². The number of carbonyl (C=O) groups is 1. The molecule has 4 nitrogen and oxygen atoms in total. The molecule has 1 aromatic heterocycles. The lowest BCUT2D eigenvalue weighted by Crippen LogP contribution is -2.42. The second-order valence-corrected chi connectivity index (χ2v) is 7.82. The normalized spacial score (nSPS) is 19.8. The van der Waals surface area contributed by atoms with E-state index in [0.717, 1.165) is 41.4 Å². The molecule has 0 radical (unpaired) electrons. The predicted molar refractivity (Wildman–Crippen MR) is 113 cm³/mol. The van der Waals surface area contributed by atoms with Gasteiger partial charge < -0.3 is 10.1 Å². The van der Waals surface area contributed by atoms with Crippen LogP contribution in [0.4, 0.5) is 0 Å². The number of carboxylic acid groups (broad SMARTS) is 1. The molecule has 1 atom stereocenters. The van der Waals surface area contributed by atoms with Crippen LogP contribution in [-0.2, 0) is 16.8 Å². The molecule has 2 N–H and O–H groups in total. The number of aromatic amines is 1. The first kappa shape index (κ1) is 18.5. The molecule has 1 heterocycles. The predicted octanol–water partition coefficient (Wildman–Crippen LogP) is 4.82. The monoisotopic (exact) mass is 374 g/mol. The van der Waals surface area contributed by atoms with Gasteiger partial charge in [-0.3, -0.25) is 9.69 Å². The van der Waals surface area contributed by atoms with Crippen LogP contribution in [0.15, 0.2) is 60.7 Å². The lowest BCUT2D eigenvalue weighted by atomic mass is 9.75. The van der Waals surface area contributed by atoms with E-state index in [2.05, 4.69) is 60.4 Å². The van der Waals surface area contributed by atoms with Crippen LogP contribution < -0.4 is 0 Å². The first-order chi connectivity index (χ1) is 13.5. The van der Waals surface area contributed by atoms with Gasteiger partial charge in [0.2, 0.25) is 0 Å². The maximum Gasteiger partial charge on any atom is 0.307 e. The highest BCUT2D eigenvalue weighted by molar-refractivity contribution is 5.92. The summed E-state index contributed by atoms with van der Waals surface area (Å²) in [6.45, 7) is 0. The molecule has 2 aromatic carbocycles. The molecule has 0 amide bonds. The number of aromatic nitrogens is 1. The minimum Gasteiger partial charge on any atom is -0.481 e. The summed E-state index contributed by atoms with van der Waals surface area (Å²) in [6, 6.07) is 18.6. The summed E-state index contributed by atoms with van der Waals surface area (Å²) in [7, 11) is 4.29. The molecule has 0 fully saturated rings. The third kappa shape index (κ3) is 3.14. The van der Waals surface area contributed by atoms with E-state index < -0.39 is 5.97 Å². The Labute approximate surface area is 165 Å². The molecular weight excluding hydrogens is 348 g/mol. The van der Waals surface area contributed by atoms with E-state index in [1.165, 1.54) is 11.1 Å². The van der Waals surface area contributed by atoms with Crippen molar-refractivity contribution in [1.29, 1.82) is 0 Å². The van der Waals surface area contributed by atoms with Gasteiger partial charge in [0.05, 0.1) is 6.42 Å². The van der Waals surface area contributed by atoms with Crippen LogP contribution in [0.2, 0.25) is 0 Å². The highest BCUT2D eigenvalue weighted by Gasteiger charge is 2.36. The smallest absolute Gasteiger partial charge is 0.307 e. The van der Waals surface area contributed by atoms with E-state index in [9.17, 15) is 9.90 Å². The second kappa shape index (κ2) is 7.28. The van der Waals surface area contributed by atoms with Gasteiger partial charge >= 0.3 is 5.97 Å². The van der Waals surface area contributed by atoms with E-state index in [0.29, 0.717) is 0 Å². The van der Waals surface area contributed by atoms with Gasteiger partial charge in [-0.2, -0.15) is 0 Å². The van der Waals surface area contributed by atoms with Crippen molar-refractivity contribution in [2.24, 2.45) is 0 Å². The molecule has 144 valence electrons. The lowest BCUT2D eigenvalue weighted by Gasteiger charge is -2.43. The number of carboxylic acids is 1. The number of hydrogen-bond donors (Lipinski definition) is 2. The van der Waals surface area contributed by atoms with Crippen LogP contribution in [0.25, 0.3) is 16.5 Å². The molecule has 0 spiro atoms. The zero-order valence-electron chi connectivity index (χ0n) is 16.4. The molecule has 0 saturated carbocycles. The van der Waals surface area contributed by atoms with Gasteiger partial charge in [0.15, 0.2) is 0 Å². The van der Waals surface area contributed by atoms with Gasteiger partial charge in [-0.05, 0) is 56.1 Å². The number of para-hydroxylation sites is 1. The molecule has 28 heavy (non-hydrogen) atoms. The van der Waals surface area contributed by atoms with E-state index in [-0.39, 0.29) is 12.0 Å². The Balaban J connectivity index is 1.75. The minimum atomic E-state index is -0.797. The molecule has 0 aliphatic heterocycles. The molecule has 1 unspecified atom stereocenters. The summed E-state index contributed by atoms with van der Waals surface area (Å²) in [5.41, 5.74) is 5.42. The van der Waals surface area contributed by atoms with Crippen molar-refractivity contribution < 1.29 is 9.90 Å². The minimum absolute atomic E-state index is 0.0241. The van der Waals surface area contributed by atoms with Crippen LogP contribution in [0.3, 0.4) is 0 Å². The SMILES string of the molecule is CN(C)C1(c2ccccc2)CC=C(c2[nH]c3ccccc3c2CC(=O)O)CC1. The number of hydrogen-bond acceptors (Lipinski definition) is 2. The molecule has 0 saturated heterocycles. The number of nitrogens with zero attached hydrogens (tertiary/aromatic N) is 1. The standard InChI is InChI=1S/C24H26N2O2/c1-26(2)24(18-8-4-3-5-9-18)14-12-17(13-15-24)23-20(16-22(27)28)19-10-6-7-11-21(19)25-23/h3-12,25H,13-16H2,1-2H3,(H,27,28). The number of benzene rings is 2. The van der Waals surface area contributed by atoms with Crippen LogP contribution in [0.5, 0.6) is 0 Å². The van der Waals surface area contributed by atoms with Gasteiger partial charge in [-0.1, -0.05) is 54.6 Å². The highest BCUT2D eigenvalue weighted by Crippen LogP contribution is 2.43. The molecule has 4 rings (SSSR count). The van der Waals surface area contributed by atoms with E-state index >= 15 is 0 Å². The highest BCUT2D eigenvalue weighted by atomic mass is 16.4. The Morgan fingerprint density at radius 1 is 1.11 bits per heavy atom. The van der Waals surface area contributed by atoms with E-state index in [1.54, 1.807) is 0 Å². The number of aliphatic carboxylic acids is 1. The van der Waals surface area contributed by atoms with Crippen molar-refractivity contribution in [2.75, 3.05) is 14.1 Å². The first-order valence-corrected chi connectivity index (χ1v) is 9.75. The van der Waals surface area contributed by atoms with Crippen molar-refractivity contribution in [3.63, 3.8) is 0 Å². The number of H-pyrrole nitrogens is 1. The average Bonchev–Trinajstić information content (AvgIpc) is 3.06. The summed E-state index contributed by atoms with van der Waals surface area (Å²) < 4.78 is 0. The Bertz CT molecular complexity index is 1030. The van der Waals surface area contributed by atoms with Gasteiger partial charge in [-0.15, -0.1) is 0 Å². The number of rotatable bonds is 5. The van der Waals surface area contributed by atoms with Crippen LogP contribution >= 0.6 is 0 Å². The fourth-order valence-electron chi connectivity index (χ4n) is 4.55. The van der Waals surface area contributed by atoms with Gasteiger partial charge in [-0.25, -0.2) is 0 Å². The van der Waals surface area contributed by atoms with E-state index in [1.807, 2.05) is 24.3 Å². The largest absolute Gasteiger partial charge is 0.481 e. The number of allylic oxidation sites excluding steroid dienone is 1. The molecule has 1 aliphatic rings. The van der Waals surface area contributed by atoms with Crippen molar-refractivity contribution >= 4 is 22.4 Å². The van der Waals surface area contributed by atoms with Crippen molar-refractivity contribution in [1.82, 2.24) is 9.88 Å². The Kier molecular flexibility index (Phi) is 4.82. The zero-order chi connectivity index (χ0) is 19.7. The summed E-state index contributed by atoms with van der Waals surface area (Å²) >= 11 is 0. The Hall–Kier alpha value is -2.85. The van der Waals surface area contributed by atoms with Gasteiger partial charge in [0, 0.05) is 22.1 Å². The summed E-state index contributed by atoms with van der Waals surface area (Å²) in [5.74, 6) is -0.797.